The summed E-state index contributed by atoms with van der Waals surface area (Å²) >= 11 is 0. The molecule has 3 N–H and O–H groups in total. The molecule has 0 amide bonds. The Hall–Kier alpha value is -4.06. The first-order valence-corrected chi connectivity index (χ1v) is 9.95. The van der Waals surface area contributed by atoms with Crippen molar-refractivity contribution < 1.29 is 5.11 Å². The van der Waals surface area contributed by atoms with Crippen molar-refractivity contribution in [2.75, 3.05) is 5.73 Å². The fourth-order valence-corrected chi connectivity index (χ4v) is 3.39. The molecule has 6 heteroatoms. The summed E-state index contributed by atoms with van der Waals surface area (Å²) in [5.41, 5.74) is 11.9. The Morgan fingerprint density at radius 1 is 0.645 bits per heavy atom. The largest absolute Gasteiger partial charge is 0.505 e. The van der Waals surface area contributed by atoms with Gasteiger partial charge in [-0.1, -0.05) is 42.5 Å². The second-order valence-electron chi connectivity index (χ2n) is 7.46. The van der Waals surface area contributed by atoms with Crippen LogP contribution in [0.15, 0.2) is 87.2 Å². The molecule has 0 fully saturated rings. The van der Waals surface area contributed by atoms with Gasteiger partial charge in [-0.3, -0.25) is 0 Å². The number of nitrogens with zero attached hydrogens (tertiary/aromatic N) is 4. The number of hydrogen-bond acceptors (Lipinski definition) is 6. The Morgan fingerprint density at radius 2 is 1.19 bits per heavy atom. The summed E-state index contributed by atoms with van der Waals surface area (Å²) < 4.78 is 0. The van der Waals surface area contributed by atoms with Crippen LogP contribution in [0.3, 0.4) is 0 Å². The predicted octanol–water partition coefficient (Wildman–Crippen LogP) is 7.88. The molecule has 4 rings (SSSR count). The van der Waals surface area contributed by atoms with Crippen molar-refractivity contribution in [1.82, 2.24) is 0 Å². The third-order valence-corrected chi connectivity index (χ3v) is 5.22. The smallest absolute Gasteiger partial charge is 0.153 e. The molecule has 0 spiro atoms. The molecule has 0 aliphatic heterocycles. The van der Waals surface area contributed by atoms with E-state index in [0.717, 1.165) is 33.5 Å². The van der Waals surface area contributed by atoms with Crippen LogP contribution in [0.2, 0.25) is 0 Å². The zero-order valence-corrected chi connectivity index (χ0v) is 17.7. The first-order chi connectivity index (χ1) is 15.0. The number of nitrogens with two attached hydrogens (primary N) is 1. The lowest BCUT2D eigenvalue weighted by atomic mass is 10.0. The molecule has 0 aliphatic carbocycles. The van der Waals surface area contributed by atoms with Crippen LogP contribution in [-0.4, -0.2) is 5.11 Å². The van der Waals surface area contributed by atoms with Gasteiger partial charge in [-0.15, -0.1) is 10.2 Å². The zero-order chi connectivity index (χ0) is 22.0. The summed E-state index contributed by atoms with van der Waals surface area (Å²) in [6.07, 6.45) is 0. The summed E-state index contributed by atoms with van der Waals surface area (Å²) in [5.74, 6) is -0.0159. The van der Waals surface area contributed by atoms with Gasteiger partial charge in [0.1, 0.15) is 11.4 Å². The van der Waals surface area contributed by atoms with E-state index in [4.69, 9.17) is 5.73 Å². The number of hydrogen-bond donors (Lipinski definition) is 2. The maximum absolute atomic E-state index is 11.0. The van der Waals surface area contributed by atoms with E-state index in [2.05, 4.69) is 20.5 Å². The number of rotatable bonds is 4. The van der Waals surface area contributed by atoms with Crippen LogP contribution in [0.5, 0.6) is 5.75 Å². The quantitative estimate of drug-likeness (QED) is 0.265. The lowest BCUT2D eigenvalue weighted by Crippen LogP contribution is -1.90. The number of benzene rings is 4. The molecule has 0 atom stereocenters. The van der Waals surface area contributed by atoms with Crippen LogP contribution in [0.4, 0.5) is 28.4 Å². The fraction of sp³-hybridized carbons (Fsp3) is 0.120. The van der Waals surface area contributed by atoms with Crippen LogP contribution in [0.1, 0.15) is 16.7 Å². The van der Waals surface area contributed by atoms with E-state index >= 15 is 0 Å². The van der Waals surface area contributed by atoms with E-state index in [-0.39, 0.29) is 5.75 Å². The monoisotopic (exact) mass is 409 g/mol. The maximum Gasteiger partial charge on any atom is 0.153 e. The molecule has 0 aromatic heterocycles. The van der Waals surface area contributed by atoms with Crippen molar-refractivity contribution in [1.29, 1.82) is 0 Å². The second kappa shape index (κ2) is 8.36. The lowest BCUT2D eigenvalue weighted by molar-refractivity contribution is 0.482. The molecule has 0 radical (unpaired) electrons. The van der Waals surface area contributed by atoms with Crippen molar-refractivity contribution in [2.45, 2.75) is 20.8 Å². The summed E-state index contributed by atoms with van der Waals surface area (Å²) in [6.45, 7) is 5.82. The number of anilines is 1. The van der Waals surface area contributed by atoms with Crippen LogP contribution < -0.4 is 5.73 Å². The number of fused-ring (bicyclic) bond motifs is 1. The minimum atomic E-state index is -0.0159. The van der Waals surface area contributed by atoms with Crippen molar-refractivity contribution in [3.05, 3.63) is 83.4 Å². The van der Waals surface area contributed by atoms with Crippen molar-refractivity contribution in [3.63, 3.8) is 0 Å². The molecule has 4 aromatic rings. The Morgan fingerprint density at radius 3 is 1.81 bits per heavy atom. The highest BCUT2D eigenvalue weighted by Gasteiger charge is 2.15. The fourth-order valence-electron chi connectivity index (χ4n) is 3.39. The van der Waals surface area contributed by atoms with Gasteiger partial charge >= 0.3 is 0 Å². The average Bonchev–Trinajstić information content (AvgIpc) is 2.75. The highest BCUT2D eigenvalue weighted by molar-refractivity contribution is 6.05. The molecule has 6 nitrogen and oxygen atoms in total. The van der Waals surface area contributed by atoms with E-state index < -0.39 is 0 Å². The molecule has 0 heterocycles. The Kier molecular flexibility index (Phi) is 5.45. The molecule has 0 bridgehead atoms. The molecule has 0 saturated carbocycles. The van der Waals surface area contributed by atoms with E-state index in [9.17, 15) is 5.11 Å². The molecular formula is C25H23N5O. The van der Waals surface area contributed by atoms with E-state index in [0.29, 0.717) is 22.4 Å². The summed E-state index contributed by atoms with van der Waals surface area (Å²) in [6, 6.07) is 21.0. The third-order valence-electron chi connectivity index (χ3n) is 5.22. The SMILES string of the molecule is Cc1ccccc1N=Nc1ccc2cc(C)c(N=Nc3ccccc3C)c(O)c2c1N. The average molecular weight is 409 g/mol. The normalized spacial score (nSPS) is 11.7. The first kappa shape index (κ1) is 20.2. The standard InChI is InChI=1S/C25H23N5O/c1-15-8-4-6-10-19(15)27-29-21-13-12-18-14-17(3)24(25(31)22(18)23(21)26)30-28-20-11-7-5-9-16(20)2/h4-14,31H,26H2,1-3H3. The molecule has 31 heavy (non-hydrogen) atoms. The van der Waals surface area contributed by atoms with E-state index in [1.54, 1.807) is 6.07 Å². The van der Waals surface area contributed by atoms with E-state index in [1.165, 1.54) is 0 Å². The number of phenolic OH excluding ortho intramolecular Hbond substituents is 1. The van der Waals surface area contributed by atoms with Gasteiger partial charge in [0.15, 0.2) is 5.75 Å². The number of aryl methyl sites for hydroxylation is 3. The van der Waals surface area contributed by atoms with Crippen LogP contribution >= 0.6 is 0 Å². The molecule has 0 saturated heterocycles. The Balaban J connectivity index is 1.79. The van der Waals surface area contributed by atoms with Gasteiger partial charge in [-0.25, -0.2) is 0 Å². The minimum absolute atomic E-state index is 0.0159. The first-order valence-electron chi connectivity index (χ1n) is 9.95. The molecule has 0 unspecified atom stereocenters. The topological polar surface area (TPSA) is 95.7 Å². The van der Waals surface area contributed by atoms with Gasteiger partial charge in [-0.05, 0) is 67.1 Å². The predicted molar refractivity (Wildman–Crippen MR) is 125 cm³/mol. The number of phenols is 1. The van der Waals surface area contributed by atoms with Gasteiger partial charge in [0, 0.05) is 0 Å². The Bertz CT molecular complexity index is 1340. The van der Waals surface area contributed by atoms with Crippen molar-refractivity contribution >= 4 is 39.2 Å². The zero-order valence-electron chi connectivity index (χ0n) is 17.7. The Labute approximate surface area is 180 Å². The van der Waals surface area contributed by atoms with Crippen LogP contribution in [-0.2, 0) is 0 Å². The molecular weight excluding hydrogens is 386 g/mol. The van der Waals surface area contributed by atoms with E-state index in [1.807, 2.05) is 81.4 Å². The van der Waals surface area contributed by atoms with Crippen LogP contribution in [0.25, 0.3) is 10.8 Å². The minimum Gasteiger partial charge on any atom is -0.505 e. The highest BCUT2D eigenvalue weighted by Crippen LogP contribution is 2.44. The van der Waals surface area contributed by atoms with Crippen molar-refractivity contribution in [2.24, 2.45) is 20.5 Å². The van der Waals surface area contributed by atoms with Crippen molar-refractivity contribution in [3.8, 4) is 5.75 Å². The number of nitrogen functional groups attached to an aromatic ring is 1. The third kappa shape index (κ3) is 4.00. The molecule has 154 valence electrons. The maximum atomic E-state index is 11.0. The van der Waals surface area contributed by atoms with Gasteiger partial charge < -0.3 is 10.8 Å². The van der Waals surface area contributed by atoms with Gasteiger partial charge in [0.2, 0.25) is 0 Å². The summed E-state index contributed by atoms with van der Waals surface area (Å²) in [5, 5.41) is 29.6. The second-order valence-corrected chi connectivity index (χ2v) is 7.46. The molecule has 0 aliphatic rings. The van der Waals surface area contributed by atoms with Gasteiger partial charge in [0.05, 0.1) is 22.4 Å². The molecule has 4 aromatic carbocycles. The van der Waals surface area contributed by atoms with Crippen LogP contribution in [0, 0.1) is 20.8 Å². The number of aromatic hydroxyl groups is 1. The van der Waals surface area contributed by atoms with Gasteiger partial charge in [0.25, 0.3) is 0 Å². The summed E-state index contributed by atoms with van der Waals surface area (Å²) in [7, 11) is 0. The number of azo groups is 2. The summed E-state index contributed by atoms with van der Waals surface area (Å²) in [4.78, 5) is 0. The lowest BCUT2D eigenvalue weighted by Gasteiger charge is -2.11. The highest BCUT2D eigenvalue weighted by atomic mass is 16.3. The van der Waals surface area contributed by atoms with Gasteiger partial charge in [-0.2, -0.15) is 10.2 Å².